The van der Waals surface area contributed by atoms with Gasteiger partial charge in [-0.05, 0) is 42.3 Å². The Morgan fingerprint density at radius 3 is 2.43 bits per heavy atom. The number of anilines is 1. The summed E-state index contributed by atoms with van der Waals surface area (Å²) in [4.78, 5) is 12.1. The quantitative estimate of drug-likeness (QED) is 0.830. The number of rotatable bonds is 5. The van der Waals surface area contributed by atoms with Gasteiger partial charge in [0.15, 0.2) is 0 Å². The van der Waals surface area contributed by atoms with Crippen molar-refractivity contribution in [3.63, 3.8) is 0 Å². The number of hydrogen-bond acceptors (Lipinski definition) is 3. The van der Waals surface area contributed by atoms with E-state index in [1.807, 2.05) is 31.2 Å². The van der Waals surface area contributed by atoms with E-state index >= 15 is 0 Å². The molecular weight excluding hydrogens is 314 g/mol. The van der Waals surface area contributed by atoms with Crippen molar-refractivity contribution in [2.45, 2.75) is 6.92 Å². The normalized spacial score (nSPS) is 10.6. The zero-order valence-corrected chi connectivity index (χ0v) is 14.0. The van der Waals surface area contributed by atoms with Gasteiger partial charge in [-0.3, -0.25) is 4.79 Å². The third-order valence-corrected chi connectivity index (χ3v) is 3.69. The number of hydrogen-bond donors (Lipinski definition) is 1. The second kappa shape index (κ2) is 7.70. The van der Waals surface area contributed by atoms with Crippen molar-refractivity contribution in [2.75, 3.05) is 19.5 Å². The summed E-state index contributed by atoms with van der Waals surface area (Å²) in [6, 6.07) is 10.9. The molecule has 2 rings (SSSR count). The van der Waals surface area contributed by atoms with Crippen LogP contribution in [-0.4, -0.2) is 20.1 Å². The monoisotopic (exact) mass is 331 g/mol. The van der Waals surface area contributed by atoms with E-state index < -0.39 is 0 Å². The highest BCUT2D eigenvalue weighted by molar-refractivity contribution is 6.31. The van der Waals surface area contributed by atoms with Crippen LogP contribution in [0, 0.1) is 6.92 Å². The zero-order chi connectivity index (χ0) is 16.8. The van der Waals surface area contributed by atoms with Gasteiger partial charge < -0.3 is 14.8 Å². The molecule has 120 valence electrons. The standard InChI is InChI=1S/C18H18ClNO3/c1-12-10-16(17(23-3)11-15(12)19)20-18(21)9-6-13-4-7-14(22-2)8-5-13/h4-11H,1-3H3,(H,20,21). The summed E-state index contributed by atoms with van der Waals surface area (Å²) in [5, 5.41) is 3.38. The van der Waals surface area contributed by atoms with Crippen molar-refractivity contribution in [3.05, 3.63) is 58.6 Å². The highest BCUT2D eigenvalue weighted by Gasteiger charge is 2.08. The van der Waals surface area contributed by atoms with E-state index in [0.717, 1.165) is 16.9 Å². The number of carbonyl (C=O) groups excluding carboxylic acids is 1. The predicted octanol–water partition coefficient (Wildman–Crippen LogP) is 4.32. The Morgan fingerprint density at radius 2 is 1.83 bits per heavy atom. The van der Waals surface area contributed by atoms with Crippen LogP contribution in [0.25, 0.3) is 6.08 Å². The lowest BCUT2D eigenvalue weighted by atomic mass is 10.2. The summed E-state index contributed by atoms with van der Waals surface area (Å²) >= 11 is 6.05. The van der Waals surface area contributed by atoms with E-state index in [0.29, 0.717) is 16.5 Å². The third kappa shape index (κ3) is 4.50. The van der Waals surface area contributed by atoms with Crippen LogP contribution in [0.1, 0.15) is 11.1 Å². The Labute approximate surface area is 140 Å². The summed E-state index contributed by atoms with van der Waals surface area (Å²) in [7, 11) is 3.14. The summed E-state index contributed by atoms with van der Waals surface area (Å²) in [5.74, 6) is 1.04. The molecule has 0 saturated heterocycles. The smallest absolute Gasteiger partial charge is 0.248 e. The topological polar surface area (TPSA) is 47.6 Å². The van der Waals surface area contributed by atoms with Gasteiger partial charge in [0.05, 0.1) is 19.9 Å². The fourth-order valence-electron chi connectivity index (χ4n) is 1.99. The van der Waals surface area contributed by atoms with Crippen molar-refractivity contribution in [1.29, 1.82) is 0 Å². The third-order valence-electron chi connectivity index (χ3n) is 3.28. The Kier molecular flexibility index (Phi) is 5.66. The first-order valence-electron chi connectivity index (χ1n) is 7.00. The molecule has 0 radical (unpaired) electrons. The average molecular weight is 332 g/mol. The van der Waals surface area contributed by atoms with Crippen LogP contribution < -0.4 is 14.8 Å². The number of benzene rings is 2. The fraction of sp³-hybridized carbons (Fsp3) is 0.167. The van der Waals surface area contributed by atoms with Gasteiger partial charge in [-0.25, -0.2) is 0 Å². The molecular formula is C18H18ClNO3. The van der Waals surface area contributed by atoms with Gasteiger partial charge in [0.25, 0.3) is 0 Å². The maximum Gasteiger partial charge on any atom is 0.248 e. The number of aryl methyl sites for hydroxylation is 1. The molecule has 0 bridgehead atoms. The minimum Gasteiger partial charge on any atom is -0.497 e. The highest BCUT2D eigenvalue weighted by atomic mass is 35.5. The molecule has 0 aliphatic heterocycles. The molecule has 5 heteroatoms. The maximum atomic E-state index is 12.1. The summed E-state index contributed by atoms with van der Waals surface area (Å²) in [6.07, 6.45) is 3.19. The van der Waals surface area contributed by atoms with Crippen LogP contribution >= 0.6 is 11.6 Å². The fourth-order valence-corrected chi connectivity index (χ4v) is 2.14. The number of methoxy groups -OCH3 is 2. The first kappa shape index (κ1) is 16.9. The molecule has 0 fully saturated rings. The SMILES string of the molecule is COc1ccc(C=CC(=O)Nc2cc(C)c(Cl)cc2OC)cc1. The van der Waals surface area contributed by atoms with Crippen molar-refractivity contribution in [3.8, 4) is 11.5 Å². The number of carbonyl (C=O) groups is 1. The van der Waals surface area contributed by atoms with Gasteiger partial charge in [0, 0.05) is 17.2 Å². The van der Waals surface area contributed by atoms with Crippen molar-refractivity contribution in [2.24, 2.45) is 0 Å². The van der Waals surface area contributed by atoms with E-state index in [-0.39, 0.29) is 5.91 Å². The van der Waals surface area contributed by atoms with Crippen molar-refractivity contribution in [1.82, 2.24) is 0 Å². The molecule has 1 N–H and O–H groups in total. The van der Waals surface area contributed by atoms with Gasteiger partial charge in [-0.2, -0.15) is 0 Å². The van der Waals surface area contributed by atoms with E-state index in [9.17, 15) is 4.79 Å². The minimum absolute atomic E-state index is 0.249. The Morgan fingerprint density at radius 1 is 1.13 bits per heavy atom. The molecule has 0 spiro atoms. The van der Waals surface area contributed by atoms with E-state index in [1.54, 1.807) is 25.3 Å². The molecule has 0 saturated carbocycles. The van der Waals surface area contributed by atoms with Crippen LogP contribution in [0.4, 0.5) is 5.69 Å². The molecule has 0 unspecified atom stereocenters. The Balaban J connectivity index is 2.09. The highest BCUT2D eigenvalue weighted by Crippen LogP contribution is 2.30. The number of nitrogens with one attached hydrogen (secondary N) is 1. The van der Waals surface area contributed by atoms with Gasteiger partial charge >= 0.3 is 0 Å². The summed E-state index contributed by atoms with van der Waals surface area (Å²) in [5.41, 5.74) is 2.35. The van der Waals surface area contributed by atoms with E-state index in [2.05, 4.69) is 5.32 Å². The summed E-state index contributed by atoms with van der Waals surface area (Å²) < 4.78 is 10.3. The number of halogens is 1. The molecule has 0 heterocycles. The second-order valence-electron chi connectivity index (χ2n) is 4.90. The van der Waals surface area contributed by atoms with E-state index in [1.165, 1.54) is 13.2 Å². The Hall–Kier alpha value is -2.46. The molecule has 23 heavy (non-hydrogen) atoms. The number of amides is 1. The largest absolute Gasteiger partial charge is 0.497 e. The average Bonchev–Trinajstić information content (AvgIpc) is 2.56. The van der Waals surface area contributed by atoms with Gasteiger partial charge in [-0.1, -0.05) is 23.7 Å². The van der Waals surface area contributed by atoms with Crippen LogP contribution in [-0.2, 0) is 4.79 Å². The second-order valence-corrected chi connectivity index (χ2v) is 5.30. The lowest BCUT2D eigenvalue weighted by Gasteiger charge is -2.11. The number of ether oxygens (including phenoxy) is 2. The van der Waals surface area contributed by atoms with Gasteiger partial charge in [-0.15, -0.1) is 0 Å². The van der Waals surface area contributed by atoms with E-state index in [4.69, 9.17) is 21.1 Å². The maximum absolute atomic E-state index is 12.1. The first-order valence-corrected chi connectivity index (χ1v) is 7.38. The van der Waals surface area contributed by atoms with Crippen LogP contribution in [0.3, 0.4) is 0 Å². The van der Waals surface area contributed by atoms with Crippen LogP contribution in [0.2, 0.25) is 5.02 Å². The first-order chi connectivity index (χ1) is 11.0. The van der Waals surface area contributed by atoms with Gasteiger partial charge in [0.2, 0.25) is 5.91 Å². The molecule has 0 aliphatic rings. The minimum atomic E-state index is -0.249. The molecule has 2 aromatic carbocycles. The van der Waals surface area contributed by atoms with Gasteiger partial charge in [0.1, 0.15) is 11.5 Å². The zero-order valence-electron chi connectivity index (χ0n) is 13.2. The molecule has 1 amide bonds. The van der Waals surface area contributed by atoms with Crippen LogP contribution in [0.5, 0.6) is 11.5 Å². The molecule has 0 aromatic heterocycles. The van der Waals surface area contributed by atoms with Crippen molar-refractivity contribution >= 4 is 29.3 Å². The Bertz CT molecular complexity index is 724. The van der Waals surface area contributed by atoms with Crippen molar-refractivity contribution < 1.29 is 14.3 Å². The molecule has 0 aliphatic carbocycles. The molecule has 0 atom stereocenters. The lowest BCUT2D eigenvalue weighted by Crippen LogP contribution is -2.09. The van der Waals surface area contributed by atoms with Crippen LogP contribution in [0.15, 0.2) is 42.5 Å². The lowest BCUT2D eigenvalue weighted by molar-refractivity contribution is -0.111. The summed E-state index contributed by atoms with van der Waals surface area (Å²) in [6.45, 7) is 1.87. The molecule has 4 nitrogen and oxygen atoms in total. The predicted molar refractivity (Wildman–Crippen MR) is 93.4 cm³/mol. The molecule has 2 aromatic rings.